The van der Waals surface area contributed by atoms with Crippen LogP contribution in [0, 0.1) is 16.7 Å². The normalized spacial score (nSPS) is 22.8. The van der Waals surface area contributed by atoms with E-state index in [1.807, 2.05) is 0 Å². The molecule has 728 valence electrons. The number of aromatic amines is 1. The van der Waals surface area contributed by atoms with E-state index in [0.717, 1.165) is 20.8 Å². The van der Waals surface area contributed by atoms with Gasteiger partial charge in [0.2, 0.25) is 35.6 Å². The van der Waals surface area contributed by atoms with Gasteiger partial charge in [-0.15, -0.1) is 0 Å². The molecule has 11 rings (SSSR count). The number of nitrogens with two attached hydrogens (primary N) is 1. The number of aliphatic carboxylic acids is 1. The first-order valence-electron chi connectivity index (χ1n) is 44.8. The number of hydrogen-bond acceptors (Lipinski definition) is 29. The number of carbonyl (C=O) groups excluding carboxylic acids is 13. The molecule has 16 N–H and O–H groups in total. The number of Topliss-reactive ketones (excluding diaryl/α,β-unsaturated/α-hetero) is 1. The summed E-state index contributed by atoms with van der Waals surface area (Å²) in [4.78, 5) is 206. The van der Waals surface area contributed by atoms with Crippen molar-refractivity contribution in [1.82, 2.24) is 42.2 Å². The van der Waals surface area contributed by atoms with E-state index in [1.165, 1.54) is 62.4 Å². The van der Waals surface area contributed by atoms with Crippen molar-refractivity contribution in [2.75, 3.05) is 24.7 Å². The number of fused-ring (bicyclic) bond motifs is 6. The molecule has 7 amide bonds. The maximum atomic E-state index is 16.3. The number of ketones is 1. The Bertz CT molecular complexity index is 5480. The molecule has 4 aliphatic rings. The molecule has 3 aliphatic carbocycles. The lowest BCUT2D eigenvalue weighted by molar-refractivity contribution is -0.342. The maximum absolute atomic E-state index is 16.3. The minimum atomic E-state index is -2.30. The first-order chi connectivity index (χ1) is 64.7. The Balaban J connectivity index is 0.846. The summed E-state index contributed by atoms with van der Waals surface area (Å²) in [5.74, 6) is -17.0. The highest BCUT2D eigenvalue weighted by atomic mass is 32.1. The number of thiol groups is 2. The molecule has 1 aromatic heterocycles. The zero-order valence-corrected chi connectivity index (χ0v) is 77.9. The van der Waals surface area contributed by atoms with Gasteiger partial charge in [-0.2, -0.15) is 25.3 Å². The number of aromatic nitrogens is 1. The SMILES string of the molecule is CC(=O)O[C@H]1C(=O)[C@@]2(C)C([C@H](OC(O)c3ccccc3)C[C@]3(O)C[C@H](OC(=O)[C@H](OC(=O)CCCC(=O)O[C@@H](Cc4ccccc4)C(=O)N[C@@H](CS)C(=O)N[C@@H](Cc4ccc(O)cc4)C(=O)N[C@@H](Cc4c[nH]c5ccccc45)C(=O)N[C@@H](CCCCN)C(=O)N[C@@H](CS)C(=O)N[C@H](C(=O)O)[C@@H](C)O)[C@H](NC(=O)c4ccccc4)c4ccccc4)C(C)=C1C3(C)C)[C@]1(OC(C)=O)CO[C@@H]1C[C@@H]2O. The van der Waals surface area contributed by atoms with Crippen molar-refractivity contribution in [3.63, 3.8) is 0 Å². The number of H-pyrrole nitrogens is 1. The fourth-order valence-corrected chi connectivity index (χ4v) is 18.8. The van der Waals surface area contributed by atoms with Gasteiger partial charge in [-0.05, 0) is 117 Å². The van der Waals surface area contributed by atoms with Gasteiger partial charge in [0.05, 0.1) is 35.9 Å². The van der Waals surface area contributed by atoms with Gasteiger partial charge in [0.1, 0.15) is 54.2 Å². The quantitative estimate of drug-likeness (QED) is 0.00604. The number of para-hydroxylation sites is 1. The largest absolute Gasteiger partial charge is 0.508 e. The third-order valence-electron chi connectivity index (χ3n) is 25.7. The molecule has 2 heterocycles. The second-order valence-electron chi connectivity index (χ2n) is 35.4. The fraction of sp³-hybridized carbons (Fsp3) is 0.449. The van der Waals surface area contributed by atoms with Crippen molar-refractivity contribution in [2.24, 2.45) is 22.5 Å². The summed E-state index contributed by atoms with van der Waals surface area (Å²) < 4.78 is 43.6. The summed E-state index contributed by atoms with van der Waals surface area (Å²) in [7, 11) is 0. The van der Waals surface area contributed by atoms with Crippen molar-refractivity contribution < 1.29 is 131 Å². The lowest BCUT2D eigenvalue weighted by atomic mass is 9.52. The second-order valence-corrected chi connectivity index (χ2v) is 36.1. The van der Waals surface area contributed by atoms with Gasteiger partial charge >= 0.3 is 35.8 Å². The third kappa shape index (κ3) is 24.9. The van der Waals surface area contributed by atoms with Crippen molar-refractivity contribution in [3.8, 4) is 5.75 Å². The first kappa shape index (κ1) is 104. The molecule has 1 aliphatic heterocycles. The van der Waals surface area contributed by atoms with E-state index < -0.39 is 246 Å². The number of aliphatic hydroxyl groups is 4. The highest BCUT2D eigenvalue weighted by Crippen LogP contribution is 2.63. The number of ether oxygens (including phenoxy) is 7. The monoisotopic (exact) mass is 1920 g/mol. The Morgan fingerprint density at radius 1 is 0.603 bits per heavy atom. The van der Waals surface area contributed by atoms with Crippen LogP contribution in [0.5, 0.6) is 5.75 Å². The van der Waals surface area contributed by atoms with Crippen LogP contribution in [0.1, 0.15) is 157 Å². The molecular formula is C98H117N9O27S2. The van der Waals surface area contributed by atoms with Crippen LogP contribution in [-0.4, -0.2) is 240 Å². The van der Waals surface area contributed by atoms with E-state index in [-0.39, 0.29) is 91.0 Å². The molecule has 38 heteroatoms. The number of rotatable bonds is 43. The Morgan fingerprint density at radius 2 is 1.14 bits per heavy atom. The van der Waals surface area contributed by atoms with E-state index in [2.05, 4.69) is 67.5 Å². The topological polar surface area (TPSA) is 551 Å². The highest BCUT2D eigenvalue weighted by molar-refractivity contribution is 7.80. The molecule has 2 unspecified atom stereocenters. The van der Waals surface area contributed by atoms with Crippen LogP contribution >= 0.6 is 25.3 Å². The van der Waals surface area contributed by atoms with Crippen LogP contribution in [0.4, 0.5) is 0 Å². The van der Waals surface area contributed by atoms with Gasteiger partial charge in [0, 0.05) is 116 Å². The average molecular weight is 1920 g/mol. The van der Waals surface area contributed by atoms with E-state index in [0.29, 0.717) is 34.0 Å². The summed E-state index contributed by atoms with van der Waals surface area (Å²) in [5.41, 5.74) is 0.370. The number of unbranched alkanes of at least 4 members (excludes halogenated alkanes) is 1. The van der Waals surface area contributed by atoms with Gasteiger partial charge < -0.3 is 112 Å². The Hall–Kier alpha value is -12.4. The van der Waals surface area contributed by atoms with Crippen molar-refractivity contribution >= 4 is 119 Å². The van der Waals surface area contributed by atoms with Crippen LogP contribution in [0.3, 0.4) is 0 Å². The molecule has 3 fully saturated rings. The third-order valence-corrected chi connectivity index (χ3v) is 26.4. The minimum Gasteiger partial charge on any atom is -0.508 e. The van der Waals surface area contributed by atoms with Gasteiger partial charge in [0.15, 0.2) is 35.9 Å². The molecule has 20 atom stereocenters. The molecule has 7 aromatic rings. The predicted octanol–water partition coefficient (Wildman–Crippen LogP) is 4.89. The number of nitrogens with one attached hydrogen (secondary N) is 8. The summed E-state index contributed by atoms with van der Waals surface area (Å²) >= 11 is 8.65. The molecule has 0 radical (unpaired) electrons. The number of carbonyl (C=O) groups is 14. The number of esters is 5. The van der Waals surface area contributed by atoms with Crippen LogP contribution in [0.25, 0.3) is 10.9 Å². The zero-order chi connectivity index (χ0) is 98.7. The number of phenols is 1. The van der Waals surface area contributed by atoms with Crippen LogP contribution in [-0.2, 0) is 115 Å². The highest BCUT2D eigenvalue weighted by Gasteiger charge is 2.75. The summed E-state index contributed by atoms with van der Waals surface area (Å²) in [6.45, 7) is 9.16. The molecule has 2 saturated carbocycles. The maximum Gasteiger partial charge on any atom is 0.350 e. The molecule has 6 aromatic carbocycles. The van der Waals surface area contributed by atoms with Crippen LogP contribution in [0.2, 0.25) is 0 Å². The molecule has 1 saturated heterocycles. The minimum absolute atomic E-state index is 0.0497. The van der Waals surface area contributed by atoms with Gasteiger partial charge in [-0.1, -0.05) is 153 Å². The number of hydrogen-bond donors (Lipinski definition) is 17. The van der Waals surface area contributed by atoms with E-state index in [1.54, 1.807) is 141 Å². The number of benzene rings is 6. The smallest absolute Gasteiger partial charge is 0.350 e. The van der Waals surface area contributed by atoms with E-state index in [9.17, 15) is 78.6 Å². The molecule has 2 bridgehead atoms. The number of amides is 7. The standard InChI is InChI=1S/C98H117N9O27S2/c1-53-72(47-97(127)48-73(132-93(125)61-31-18-11-19-32-61)83-96(7,74(112)46-75-98(83,52-128-75)134-56(4)110)84(115)81(129-55(3)109)78(53)95(97,5)6)131-94(126)82(80(59-27-14-9-15-28-59)107-85(116)60-29-16-10-17-30-60)133-77(114)37-24-36-76(113)130-71(44-57-25-12-8-13-26-57)91(122)105-69(50-135)89(120)102-67(43-58-38-40-63(111)41-39-58)87(118)103-68(45-62-49-100-65-34-21-20-33-64(62)65)88(119)101-66(35-22-23-42-99)86(117)104-70(51-136)90(121)106-79(54(2)108)92(123)124/h8-21,25-34,38-41,49,54,66-75,79-83,93,100,108,111-112,125,127,135-136H,22-24,35-37,42-48,50-52,99H2,1-7H3,(H,101,119)(H,102,120)(H,103,118)(H,104,117)(H,105,122)(H,106,121)(H,107,116)(H,123,124)/t54-,66+,67+,68+,69+,70+,71+,72+,73-,74+,75-,79+,80-,81-,82-,83?,93?,96-,97-,98+/m1/s1. The number of aliphatic hydroxyl groups excluding tert-OH is 3. The van der Waals surface area contributed by atoms with Crippen molar-refractivity contribution in [1.29, 1.82) is 0 Å². The van der Waals surface area contributed by atoms with Gasteiger partial charge in [-0.25, -0.2) is 9.59 Å². The fourth-order valence-electron chi connectivity index (χ4n) is 18.3. The van der Waals surface area contributed by atoms with E-state index in [4.69, 9.17) is 38.9 Å². The lowest BCUT2D eigenvalue weighted by Crippen LogP contribution is -2.77. The van der Waals surface area contributed by atoms with E-state index >= 15 is 19.2 Å². The Kier molecular flexibility index (Phi) is 35.5. The van der Waals surface area contributed by atoms with Crippen LogP contribution < -0.4 is 43.0 Å². The van der Waals surface area contributed by atoms with Gasteiger partial charge in [-0.3, -0.25) is 57.5 Å². The van der Waals surface area contributed by atoms with Crippen molar-refractivity contribution in [3.05, 3.63) is 221 Å². The first-order valence-corrected chi connectivity index (χ1v) is 46.1. The zero-order valence-electron chi connectivity index (χ0n) is 76.1. The van der Waals surface area contributed by atoms with Crippen molar-refractivity contribution in [2.45, 2.75) is 234 Å². The number of phenolic OH excluding ortho intramolecular Hbond substituents is 1. The molecular weight excluding hydrogens is 1800 g/mol. The number of carboxylic acids is 1. The summed E-state index contributed by atoms with van der Waals surface area (Å²) in [6, 6.07) is 33.5. The molecule has 0 spiro atoms. The Morgan fingerprint density at radius 3 is 1.72 bits per heavy atom. The molecule has 136 heavy (non-hydrogen) atoms. The Labute approximate surface area is 795 Å². The van der Waals surface area contributed by atoms with Crippen LogP contribution in [0.15, 0.2) is 187 Å². The second kappa shape index (κ2) is 46.4. The number of aromatic hydroxyl groups is 1. The predicted molar refractivity (Wildman–Crippen MR) is 496 cm³/mol. The summed E-state index contributed by atoms with van der Waals surface area (Å²) in [6.07, 6.45) is -17.1. The lowest BCUT2D eigenvalue weighted by Gasteiger charge is -2.63. The summed E-state index contributed by atoms with van der Waals surface area (Å²) in [5, 5.41) is 87.6. The average Bonchev–Trinajstić information content (AvgIpc) is 1.57. The number of carboxylic acid groups (broad SMARTS) is 1. The van der Waals surface area contributed by atoms with Gasteiger partial charge in [0.25, 0.3) is 11.8 Å². The molecule has 36 nitrogen and oxygen atoms in total.